The normalized spacial score (nSPS) is 11.2. The minimum Gasteiger partial charge on any atom is -0.314 e. The molecule has 0 amide bonds. The number of aromatic nitrogens is 2. The van der Waals surface area contributed by atoms with Crippen molar-refractivity contribution in [3.63, 3.8) is 0 Å². The van der Waals surface area contributed by atoms with E-state index in [0.29, 0.717) is 11.8 Å². The number of rotatable bonds is 4. The van der Waals surface area contributed by atoms with Crippen LogP contribution in [0.4, 0.5) is 11.6 Å². The number of hydrogen-bond acceptors (Lipinski definition) is 3. The summed E-state index contributed by atoms with van der Waals surface area (Å²) >= 11 is 0. The van der Waals surface area contributed by atoms with E-state index in [4.69, 9.17) is 0 Å². The van der Waals surface area contributed by atoms with Gasteiger partial charge in [-0.3, -0.25) is 0 Å². The van der Waals surface area contributed by atoms with Crippen molar-refractivity contribution >= 4 is 11.6 Å². The van der Waals surface area contributed by atoms with Crippen LogP contribution in [0.5, 0.6) is 0 Å². The molecule has 1 aromatic carbocycles. The van der Waals surface area contributed by atoms with Gasteiger partial charge in [-0.15, -0.1) is 0 Å². The van der Waals surface area contributed by atoms with E-state index in [1.54, 1.807) is 0 Å². The summed E-state index contributed by atoms with van der Waals surface area (Å²) in [5, 5.41) is 0. The number of benzene rings is 1. The molecule has 0 fully saturated rings. The zero-order valence-electron chi connectivity index (χ0n) is 13.0. The van der Waals surface area contributed by atoms with E-state index in [1.165, 1.54) is 5.56 Å². The van der Waals surface area contributed by atoms with Gasteiger partial charge in [0.15, 0.2) is 0 Å². The van der Waals surface area contributed by atoms with Gasteiger partial charge in [-0.1, -0.05) is 39.8 Å². The van der Waals surface area contributed by atoms with Gasteiger partial charge >= 0.3 is 0 Å². The SMILES string of the molecule is CC(C)c1ccc(N(C)c2ncc(C(C)C)cn2)cc1. The van der Waals surface area contributed by atoms with Gasteiger partial charge in [-0.25, -0.2) is 9.97 Å². The molecule has 0 aliphatic heterocycles. The third-order valence-corrected chi connectivity index (χ3v) is 3.57. The van der Waals surface area contributed by atoms with Crippen LogP contribution in [-0.4, -0.2) is 17.0 Å². The molecular formula is C17H23N3. The fourth-order valence-electron chi connectivity index (χ4n) is 2.00. The van der Waals surface area contributed by atoms with Crippen LogP contribution >= 0.6 is 0 Å². The Morgan fingerprint density at radius 3 is 1.75 bits per heavy atom. The first-order chi connectivity index (χ1) is 9.49. The molecule has 106 valence electrons. The van der Waals surface area contributed by atoms with Gasteiger partial charge < -0.3 is 4.90 Å². The monoisotopic (exact) mass is 269 g/mol. The second-order valence-corrected chi connectivity index (χ2v) is 5.78. The van der Waals surface area contributed by atoms with Gasteiger partial charge in [-0.2, -0.15) is 0 Å². The summed E-state index contributed by atoms with van der Waals surface area (Å²) in [5.41, 5.74) is 3.61. The highest BCUT2D eigenvalue weighted by Crippen LogP contribution is 2.23. The van der Waals surface area contributed by atoms with Crippen LogP contribution in [0.3, 0.4) is 0 Å². The van der Waals surface area contributed by atoms with Gasteiger partial charge in [0.1, 0.15) is 0 Å². The third kappa shape index (κ3) is 3.16. The lowest BCUT2D eigenvalue weighted by atomic mass is 10.0. The molecule has 0 atom stereocenters. The predicted octanol–water partition coefficient (Wildman–Crippen LogP) is 4.49. The predicted molar refractivity (Wildman–Crippen MR) is 84.7 cm³/mol. The Kier molecular flexibility index (Phi) is 4.38. The molecule has 20 heavy (non-hydrogen) atoms. The van der Waals surface area contributed by atoms with Crippen molar-refractivity contribution in [1.82, 2.24) is 9.97 Å². The molecule has 0 N–H and O–H groups in total. The Hall–Kier alpha value is -1.90. The van der Waals surface area contributed by atoms with Gasteiger partial charge in [0.05, 0.1) is 0 Å². The van der Waals surface area contributed by atoms with E-state index >= 15 is 0 Å². The first-order valence-electron chi connectivity index (χ1n) is 7.14. The first kappa shape index (κ1) is 14.5. The third-order valence-electron chi connectivity index (χ3n) is 3.57. The zero-order chi connectivity index (χ0) is 14.7. The van der Waals surface area contributed by atoms with Crippen LogP contribution in [0.15, 0.2) is 36.7 Å². The standard InChI is InChI=1S/C17H23N3/c1-12(2)14-6-8-16(9-7-14)20(5)17-18-10-15(11-19-17)13(3)4/h6-13H,1-5H3. The van der Waals surface area contributed by atoms with E-state index < -0.39 is 0 Å². The molecule has 2 aromatic rings. The van der Waals surface area contributed by atoms with Crippen LogP contribution in [0.25, 0.3) is 0 Å². The van der Waals surface area contributed by atoms with Crippen LogP contribution in [-0.2, 0) is 0 Å². The summed E-state index contributed by atoms with van der Waals surface area (Å²) in [4.78, 5) is 10.9. The van der Waals surface area contributed by atoms with Gasteiger partial charge in [0.2, 0.25) is 5.95 Å². The average molecular weight is 269 g/mol. The van der Waals surface area contributed by atoms with Crippen molar-refractivity contribution in [3.05, 3.63) is 47.8 Å². The molecule has 2 rings (SSSR count). The molecule has 3 heteroatoms. The largest absolute Gasteiger partial charge is 0.314 e. The van der Waals surface area contributed by atoms with Crippen LogP contribution in [0.2, 0.25) is 0 Å². The Morgan fingerprint density at radius 2 is 1.30 bits per heavy atom. The van der Waals surface area contributed by atoms with E-state index in [-0.39, 0.29) is 0 Å². The van der Waals surface area contributed by atoms with Crippen LogP contribution < -0.4 is 4.90 Å². The van der Waals surface area contributed by atoms with E-state index in [1.807, 2.05) is 24.3 Å². The highest BCUT2D eigenvalue weighted by molar-refractivity contribution is 5.56. The van der Waals surface area contributed by atoms with Crippen molar-refractivity contribution in [3.8, 4) is 0 Å². The molecule has 3 nitrogen and oxygen atoms in total. The molecule has 0 bridgehead atoms. The zero-order valence-corrected chi connectivity index (χ0v) is 13.0. The molecule has 0 saturated carbocycles. The summed E-state index contributed by atoms with van der Waals surface area (Å²) < 4.78 is 0. The molecule has 0 saturated heterocycles. The summed E-state index contributed by atoms with van der Waals surface area (Å²) in [7, 11) is 1.99. The Balaban J connectivity index is 2.19. The minimum absolute atomic E-state index is 0.458. The highest BCUT2D eigenvalue weighted by atomic mass is 15.2. The molecule has 0 spiro atoms. The van der Waals surface area contributed by atoms with E-state index in [2.05, 4.69) is 61.9 Å². The Morgan fingerprint density at radius 1 is 0.800 bits per heavy atom. The molecular weight excluding hydrogens is 246 g/mol. The summed E-state index contributed by atoms with van der Waals surface area (Å²) in [6.07, 6.45) is 3.82. The fraction of sp³-hybridized carbons (Fsp3) is 0.412. The van der Waals surface area contributed by atoms with Crippen molar-refractivity contribution in [2.24, 2.45) is 0 Å². The van der Waals surface area contributed by atoms with E-state index in [0.717, 1.165) is 17.2 Å². The summed E-state index contributed by atoms with van der Waals surface area (Å²) in [6.45, 7) is 8.69. The lowest BCUT2D eigenvalue weighted by Crippen LogP contribution is -2.13. The smallest absolute Gasteiger partial charge is 0.229 e. The van der Waals surface area contributed by atoms with Crippen molar-refractivity contribution in [2.75, 3.05) is 11.9 Å². The Bertz CT molecular complexity index is 490. The maximum absolute atomic E-state index is 4.45. The van der Waals surface area contributed by atoms with Gasteiger partial charge in [0.25, 0.3) is 0 Å². The number of nitrogens with zero attached hydrogens (tertiary/aromatic N) is 3. The number of hydrogen-bond donors (Lipinski definition) is 0. The van der Waals surface area contributed by atoms with Crippen molar-refractivity contribution < 1.29 is 0 Å². The summed E-state index contributed by atoms with van der Waals surface area (Å²) in [6, 6.07) is 8.57. The highest BCUT2D eigenvalue weighted by Gasteiger charge is 2.08. The first-order valence-corrected chi connectivity index (χ1v) is 7.14. The molecule has 1 aromatic heterocycles. The molecule has 0 aliphatic carbocycles. The molecule has 0 aliphatic rings. The van der Waals surface area contributed by atoms with Crippen molar-refractivity contribution in [1.29, 1.82) is 0 Å². The van der Waals surface area contributed by atoms with Crippen LogP contribution in [0, 0.1) is 0 Å². The number of anilines is 2. The lowest BCUT2D eigenvalue weighted by molar-refractivity contribution is 0.842. The summed E-state index contributed by atoms with van der Waals surface area (Å²) in [5.74, 6) is 1.74. The van der Waals surface area contributed by atoms with Crippen LogP contribution in [0.1, 0.15) is 50.7 Å². The van der Waals surface area contributed by atoms with Gasteiger partial charge in [-0.05, 0) is 35.1 Å². The fourth-order valence-corrected chi connectivity index (χ4v) is 2.00. The molecule has 0 radical (unpaired) electrons. The Labute approximate surface area is 121 Å². The van der Waals surface area contributed by atoms with Gasteiger partial charge in [0, 0.05) is 25.1 Å². The maximum atomic E-state index is 4.45. The molecule has 0 unspecified atom stereocenters. The topological polar surface area (TPSA) is 29.0 Å². The lowest BCUT2D eigenvalue weighted by Gasteiger charge is -2.18. The maximum Gasteiger partial charge on any atom is 0.229 e. The molecule has 1 heterocycles. The average Bonchev–Trinajstić information content (AvgIpc) is 2.46. The quantitative estimate of drug-likeness (QED) is 0.818. The minimum atomic E-state index is 0.458. The van der Waals surface area contributed by atoms with E-state index in [9.17, 15) is 0 Å². The van der Waals surface area contributed by atoms with Crippen molar-refractivity contribution in [2.45, 2.75) is 39.5 Å². The second kappa shape index (κ2) is 6.04. The second-order valence-electron chi connectivity index (χ2n) is 5.78.